The molecule has 0 bridgehead atoms. The molecule has 94 valence electrons. The minimum absolute atomic E-state index is 0.293. The Kier molecular flexibility index (Phi) is 3.89. The van der Waals surface area contributed by atoms with Gasteiger partial charge in [0.15, 0.2) is 0 Å². The number of nitrogens with two attached hydrogens (primary N) is 1. The molecule has 0 aliphatic heterocycles. The van der Waals surface area contributed by atoms with Gasteiger partial charge in [-0.05, 0) is 42.3 Å². The third kappa shape index (κ3) is 3.28. The topological polar surface area (TPSA) is 48.1 Å². The van der Waals surface area contributed by atoms with Crippen molar-refractivity contribution >= 4 is 0 Å². The van der Waals surface area contributed by atoms with E-state index < -0.39 is 0 Å². The average Bonchev–Trinajstić information content (AvgIpc) is 2.37. The number of nitrogens with zero attached hydrogens (tertiary/aromatic N) is 1. The van der Waals surface area contributed by atoms with Crippen LogP contribution in [0.3, 0.4) is 0 Å². The fraction of sp³-hybridized carbons (Fsp3) is 0.214. The molecule has 0 unspecified atom stereocenters. The van der Waals surface area contributed by atoms with Crippen LogP contribution >= 0.6 is 0 Å². The molecule has 0 aliphatic carbocycles. The molecule has 0 fully saturated rings. The zero-order valence-electron chi connectivity index (χ0n) is 10.2. The minimum Gasteiger partial charge on any atom is -0.487 e. The van der Waals surface area contributed by atoms with Crippen LogP contribution in [-0.2, 0) is 13.2 Å². The Morgan fingerprint density at radius 2 is 2.00 bits per heavy atom. The van der Waals surface area contributed by atoms with Gasteiger partial charge < -0.3 is 10.5 Å². The summed E-state index contributed by atoms with van der Waals surface area (Å²) in [6.07, 6.45) is 1.65. The fourth-order valence-electron chi connectivity index (χ4n) is 1.62. The molecule has 0 aliphatic rings. The molecule has 18 heavy (non-hydrogen) atoms. The van der Waals surface area contributed by atoms with E-state index in [2.05, 4.69) is 4.98 Å². The van der Waals surface area contributed by atoms with E-state index in [1.807, 2.05) is 25.1 Å². The lowest BCUT2D eigenvalue weighted by molar-refractivity contribution is 0.304. The summed E-state index contributed by atoms with van der Waals surface area (Å²) in [4.78, 5) is 4.12. The first-order valence-electron chi connectivity index (χ1n) is 5.71. The smallest absolute Gasteiger partial charge is 0.138 e. The maximum absolute atomic E-state index is 13.3. The van der Waals surface area contributed by atoms with Crippen molar-refractivity contribution in [2.75, 3.05) is 0 Å². The molecule has 0 amide bonds. The van der Waals surface area contributed by atoms with E-state index >= 15 is 0 Å². The largest absolute Gasteiger partial charge is 0.487 e. The van der Waals surface area contributed by atoms with Crippen molar-refractivity contribution in [1.82, 2.24) is 4.98 Å². The first-order valence-corrected chi connectivity index (χ1v) is 5.71. The second kappa shape index (κ2) is 5.60. The van der Waals surface area contributed by atoms with Gasteiger partial charge in [0.1, 0.15) is 18.2 Å². The van der Waals surface area contributed by atoms with Gasteiger partial charge in [0, 0.05) is 12.2 Å². The predicted molar refractivity (Wildman–Crippen MR) is 67.6 cm³/mol. The Balaban J connectivity index is 2.05. The second-order valence-electron chi connectivity index (χ2n) is 4.10. The van der Waals surface area contributed by atoms with Crippen molar-refractivity contribution in [3.63, 3.8) is 0 Å². The molecular weight excluding hydrogens is 231 g/mol. The summed E-state index contributed by atoms with van der Waals surface area (Å²) >= 11 is 0. The van der Waals surface area contributed by atoms with Crippen molar-refractivity contribution in [3.8, 4) is 5.75 Å². The highest BCUT2D eigenvalue weighted by Gasteiger charge is 2.01. The van der Waals surface area contributed by atoms with Gasteiger partial charge in [-0.3, -0.25) is 4.98 Å². The highest BCUT2D eigenvalue weighted by molar-refractivity contribution is 5.25. The van der Waals surface area contributed by atoms with Crippen molar-refractivity contribution in [3.05, 3.63) is 59.2 Å². The highest BCUT2D eigenvalue weighted by atomic mass is 19.1. The first kappa shape index (κ1) is 12.5. The van der Waals surface area contributed by atoms with Gasteiger partial charge in [0.25, 0.3) is 0 Å². The van der Waals surface area contributed by atoms with Crippen LogP contribution < -0.4 is 10.5 Å². The molecule has 0 spiro atoms. The number of aromatic nitrogens is 1. The van der Waals surface area contributed by atoms with Gasteiger partial charge in [0.05, 0.1) is 6.20 Å². The fourth-order valence-corrected chi connectivity index (χ4v) is 1.62. The monoisotopic (exact) mass is 246 g/mol. The lowest BCUT2D eigenvalue weighted by Crippen LogP contribution is -2.01. The van der Waals surface area contributed by atoms with E-state index in [1.165, 1.54) is 12.1 Å². The Morgan fingerprint density at radius 1 is 1.22 bits per heavy atom. The van der Waals surface area contributed by atoms with E-state index in [9.17, 15) is 4.39 Å². The second-order valence-corrected chi connectivity index (χ2v) is 4.10. The third-order valence-electron chi connectivity index (χ3n) is 2.54. The molecule has 0 radical (unpaired) electrons. The van der Waals surface area contributed by atoms with Gasteiger partial charge in [-0.1, -0.05) is 6.07 Å². The number of pyridine rings is 1. The van der Waals surface area contributed by atoms with Gasteiger partial charge in [0.2, 0.25) is 0 Å². The summed E-state index contributed by atoms with van der Waals surface area (Å²) < 4.78 is 18.8. The molecular formula is C14H15FN2O. The van der Waals surface area contributed by atoms with Crippen molar-refractivity contribution < 1.29 is 9.13 Å². The van der Waals surface area contributed by atoms with Crippen molar-refractivity contribution in [2.24, 2.45) is 5.73 Å². The molecule has 0 atom stereocenters. The van der Waals surface area contributed by atoms with Gasteiger partial charge in [-0.2, -0.15) is 0 Å². The predicted octanol–water partition coefficient (Wildman–Crippen LogP) is 2.57. The Hall–Kier alpha value is -1.94. The summed E-state index contributed by atoms with van der Waals surface area (Å²) in [6.45, 7) is 2.52. The number of hydrogen-bond donors (Lipinski definition) is 1. The number of benzene rings is 1. The van der Waals surface area contributed by atoms with E-state index in [1.54, 1.807) is 6.20 Å². The van der Waals surface area contributed by atoms with Crippen LogP contribution in [0.15, 0.2) is 36.5 Å². The summed E-state index contributed by atoms with van der Waals surface area (Å²) in [5.74, 6) is 0.373. The van der Waals surface area contributed by atoms with Crippen molar-refractivity contribution in [1.29, 1.82) is 0 Å². The molecule has 4 heteroatoms. The lowest BCUT2D eigenvalue weighted by Gasteiger charge is -2.07. The summed E-state index contributed by atoms with van der Waals surface area (Å²) in [7, 11) is 0. The maximum atomic E-state index is 13.3. The van der Waals surface area contributed by atoms with Gasteiger partial charge >= 0.3 is 0 Å². The Morgan fingerprint density at radius 3 is 2.67 bits per heavy atom. The quantitative estimate of drug-likeness (QED) is 0.902. The zero-order chi connectivity index (χ0) is 13.0. The van der Waals surface area contributed by atoms with Crippen LogP contribution in [0.2, 0.25) is 0 Å². The van der Waals surface area contributed by atoms with E-state index in [4.69, 9.17) is 10.5 Å². The Labute approximate surface area is 105 Å². The van der Waals surface area contributed by atoms with Crippen LogP contribution in [0, 0.1) is 12.7 Å². The van der Waals surface area contributed by atoms with Crippen LogP contribution in [0.4, 0.5) is 4.39 Å². The lowest BCUT2D eigenvalue weighted by atomic mass is 10.1. The molecule has 1 aromatic heterocycles. The summed E-state index contributed by atoms with van der Waals surface area (Å²) in [5, 5.41) is 0. The van der Waals surface area contributed by atoms with Crippen LogP contribution in [0.1, 0.15) is 16.8 Å². The third-order valence-corrected chi connectivity index (χ3v) is 2.54. The normalized spacial score (nSPS) is 10.4. The minimum atomic E-state index is -0.293. The first-order chi connectivity index (χ1) is 8.67. The molecule has 0 saturated carbocycles. The molecule has 1 heterocycles. The molecule has 1 aromatic carbocycles. The van der Waals surface area contributed by atoms with E-state index in [-0.39, 0.29) is 5.82 Å². The van der Waals surface area contributed by atoms with Crippen molar-refractivity contribution in [2.45, 2.75) is 20.1 Å². The van der Waals surface area contributed by atoms with Crippen LogP contribution in [0.5, 0.6) is 5.75 Å². The summed E-state index contributed by atoms with van der Waals surface area (Å²) in [5.41, 5.74) is 7.94. The molecule has 2 N–H and O–H groups in total. The standard InChI is InChI=1S/C14H15FN2O/c1-10-2-3-14(8-17-10)18-9-12-4-11(7-16)5-13(15)6-12/h2-6,8H,7,9,16H2,1H3. The van der Waals surface area contributed by atoms with Crippen LogP contribution in [-0.4, -0.2) is 4.98 Å². The van der Waals surface area contributed by atoms with E-state index in [0.717, 1.165) is 16.8 Å². The number of aryl methyl sites for hydroxylation is 1. The highest BCUT2D eigenvalue weighted by Crippen LogP contribution is 2.14. The molecule has 3 nitrogen and oxygen atoms in total. The van der Waals surface area contributed by atoms with Crippen LogP contribution in [0.25, 0.3) is 0 Å². The SMILES string of the molecule is Cc1ccc(OCc2cc(F)cc(CN)c2)cn1. The number of halogens is 1. The zero-order valence-corrected chi connectivity index (χ0v) is 10.2. The summed E-state index contributed by atoms with van der Waals surface area (Å²) in [6, 6.07) is 8.42. The number of ether oxygens (including phenoxy) is 1. The molecule has 2 rings (SSSR count). The molecule has 2 aromatic rings. The van der Waals surface area contributed by atoms with E-state index in [0.29, 0.717) is 18.9 Å². The van der Waals surface area contributed by atoms with Gasteiger partial charge in [-0.25, -0.2) is 4.39 Å². The Bertz CT molecular complexity index is 526. The number of rotatable bonds is 4. The molecule has 0 saturated heterocycles. The average molecular weight is 246 g/mol. The maximum Gasteiger partial charge on any atom is 0.138 e. The number of hydrogen-bond acceptors (Lipinski definition) is 3. The van der Waals surface area contributed by atoms with Gasteiger partial charge in [-0.15, -0.1) is 0 Å².